The van der Waals surface area contributed by atoms with E-state index in [1.54, 1.807) is 6.33 Å². The van der Waals surface area contributed by atoms with Crippen LogP contribution in [0.5, 0.6) is 5.75 Å². The quantitative estimate of drug-likeness (QED) is 0.749. The van der Waals surface area contributed by atoms with Crippen molar-refractivity contribution in [2.45, 2.75) is 31.6 Å². The monoisotopic (exact) mass is 358 g/mol. The van der Waals surface area contributed by atoms with Crippen molar-refractivity contribution in [3.8, 4) is 17.0 Å². The highest BCUT2D eigenvalue weighted by Gasteiger charge is 2.50. The van der Waals surface area contributed by atoms with E-state index in [0.29, 0.717) is 5.41 Å². The van der Waals surface area contributed by atoms with Crippen LogP contribution < -0.4 is 10.1 Å². The maximum atomic E-state index is 6.04. The molecule has 1 fully saturated rings. The molecule has 3 aromatic rings. The van der Waals surface area contributed by atoms with Gasteiger partial charge in [0, 0.05) is 41.0 Å². The second-order valence-electron chi connectivity index (χ2n) is 7.52. The van der Waals surface area contributed by atoms with Crippen molar-refractivity contribution in [2.75, 3.05) is 18.5 Å². The van der Waals surface area contributed by atoms with Gasteiger partial charge in [0.2, 0.25) is 0 Å². The zero-order valence-electron chi connectivity index (χ0n) is 15.4. The lowest BCUT2D eigenvalue weighted by Gasteiger charge is -2.10. The molecule has 2 aliphatic rings. The smallest absolute Gasteiger partial charge is 0.129 e. The molecule has 5 heteroatoms. The third-order valence-corrected chi connectivity index (χ3v) is 5.59. The number of rotatable bonds is 5. The summed E-state index contributed by atoms with van der Waals surface area (Å²) in [4.78, 5) is 13.1. The number of fused-ring (bicyclic) bond motifs is 2. The number of pyridine rings is 1. The minimum atomic E-state index is 0.336. The molecule has 0 atom stereocenters. The standard InChI is InChI=1S/C22H22N4O/c1-15-5-6-17(12-24-15)19-11-20(26-14-25-19)23-10-7-16-3-2-4-18-21(16)27-13-22(18)8-9-22/h2-6,11-12,14H,7-10,13H2,1H3,(H,23,25,26). The maximum absolute atomic E-state index is 6.04. The first kappa shape index (κ1) is 16.2. The minimum absolute atomic E-state index is 0.336. The first-order valence-corrected chi connectivity index (χ1v) is 9.48. The van der Waals surface area contributed by atoms with E-state index >= 15 is 0 Å². The summed E-state index contributed by atoms with van der Waals surface area (Å²) in [5, 5.41) is 3.42. The van der Waals surface area contributed by atoms with Gasteiger partial charge in [0.25, 0.3) is 0 Å². The fourth-order valence-electron chi connectivity index (χ4n) is 3.78. The van der Waals surface area contributed by atoms with E-state index in [0.717, 1.165) is 48.1 Å². The molecule has 0 amide bonds. The fraction of sp³-hybridized carbons (Fsp3) is 0.318. The number of nitrogens with one attached hydrogen (secondary N) is 1. The van der Waals surface area contributed by atoms with Crippen LogP contribution in [-0.2, 0) is 11.8 Å². The summed E-state index contributed by atoms with van der Waals surface area (Å²) in [6.07, 6.45) is 6.88. The molecule has 3 heterocycles. The molecule has 136 valence electrons. The molecular weight excluding hydrogens is 336 g/mol. The highest BCUT2D eigenvalue weighted by molar-refractivity contribution is 5.61. The summed E-state index contributed by atoms with van der Waals surface area (Å²) in [6.45, 7) is 3.63. The summed E-state index contributed by atoms with van der Waals surface area (Å²) < 4.78 is 6.04. The van der Waals surface area contributed by atoms with E-state index < -0.39 is 0 Å². The van der Waals surface area contributed by atoms with Gasteiger partial charge in [0.1, 0.15) is 17.9 Å². The van der Waals surface area contributed by atoms with Gasteiger partial charge in [-0.25, -0.2) is 9.97 Å². The van der Waals surface area contributed by atoms with Crippen LogP contribution in [0.1, 0.15) is 29.7 Å². The van der Waals surface area contributed by atoms with E-state index in [1.807, 2.05) is 31.3 Å². The molecule has 1 aliphatic heterocycles. The number of benzene rings is 1. The van der Waals surface area contributed by atoms with Gasteiger partial charge in [-0.1, -0.05) is 18.2 Å². The Hall–Kier alpha value is -2.95. The van der Waals surface area contributed by atoms with Crippen LogP contribution >= 0.6 is 0 Å². The Labute approximate surface area is 158 Å². The average Bonchev–Trinajstić information content (AvgIpc) is 3.39. The van der Waals surface area contributed by atoms with Crippen molar-refractivity contribution in [3.63, 3.8) is 0 Å². The molecule has 1 saturated carbocycles. The Morgan fingerprint density at radius 3 is 2.85 bits per heavy atom. The zero-order valence-corrected chi connectivity index (χ0v) is 15.4. The summed E-state index contributed by atoms with van der Waals surface area (Å²) >= 11 is 0. The molecule has 0 unspecified atom stereocenters. The predicted molar refractivity (Wildman–Crippen MR) is 105 cm³/mol. The van der Waals surface area contributed by atoms with Crippen LogP contribution in [0.4, 0.5) is 5.82 Å². The van der Waals surface area contributed by atoms with Crippen molar-refractivity contribution in [3.05, 3.63) is 65.7 Å². The Balaban J connectivity index is 1.27. The summed E-state index contributed by atoms with van der Waals surface area (Å²) in [5.74, 6) is 1.94. The Bertz CT molecular complexity index is 980. The van der Waals surface area contributed by atoms with Crippen LogP contribution in [0.25, 0.3) is 11.3 Å². The Morgan fingerprint density at radius 2 is 2.04 bits per heavy atom. The predicted octanol–water partition coefficient (Wildman–Crippen LogP) is 3.93. The lowest BCUT2D eigenvalue weighted by Crippen LogP contribution is -2.07. The van der Waals surface area contributed by atoms with E-state index in [-0.39, 0.29) is 0 Å². The van der Waals surface area contributed by atoms with Crippen molar-refractivity contribution >= 4 is 5.82 Å². The molecule has 0 bridgehead atoms. The van der Waals surface area contributed by atoms with E-state index in [4.69, 9.17) is 4.74 Å². The molecule has 0 radical (unpaired) electrons. The molecule has 2 aromatic heterocycles. The van der Waals surface area contributed by atoms with Gasteiger partial charge in [-0.05, 0) is 43.9 Å². The van der Waals surface area contributed by atoms with Crippen LogP contribution in [0.3, 0.4) is 0 Å². The first-order chi connectivity index (χ1) is 13.2. The van der Waals surface area contributed by atoms with Crippen molar-refractivity contribution in [1.82, 2.24) is 15.0 Å². The lowest BCUT2D eigenvalue weighted by molar-refractivity contribution is 0.321. The zero-order chi connectivity index (χ0) is 18.3. The molecule has 0 saturated heterocycles. The lowest BCUT2D eigenvalue weighted by atomic mass is 9.96. The molecule has 1 aliphatic carbocycles. The van der Waals surface area contributed by atoms with Crippen LogP contribution in [0.15, 0.2) is 48.9 Å². The second kappa shape index (κ2) is 6.34. The van der Waals surface area contributed by atoms with Gasteiger partial charge in [-0.15, -0.1) is 0 Å². The molecule has 1 spiro atoms. The van der Waals surface area contributed by atoms with Crippen molar-refractivity contribution in [2.24, 2.45) is 0 Å². The largest absolute Gasteiger partial charge is 0.492 e. The van der Waals surface area contributed by atoms with Crippen LogP contribution in [-0.4, -0.2) is 28.1 Å². The summed E-state index contributed by atoms with van der Waals surface area (Å²) in [6, 6.07) is 12.6. The Kier molecular flexibility index (Phi) is 3.81. The maximum Gasteiger partial charge on any atom is 0.129 e. The fourth-order valence-corrected chi connectivity index (χ4v) is 3.78. The van der Waals surface area contributed by atoms with Gasteiger partial charge >= 0.3 is 0 Å². The molecule has 1 N–H and O–H groups in total. The van der Waals surface area contributed by atoms with Crippen molar-refractivity contribution in [1.29, 1.82) is 0 Å². The van der Waals surface area contributed by atoms with E-state index in [1.165, 1.54) is 24.0 Å². The number of anilines is 1. The topological polar surface area (TPSA) is 59.9 Å². The van der Waals surface area contributed by atoms with Gasteiger partial charge in [-0.2, -0.15) is 0 Å². The summed E-state index contributed by atoms with van der Waals surface area (Å²) in [7, 11) is 0. The molecule has 5 nitrogen and oxygen atoms in total. The molecule has 27 heavy (non-hydrogen) atoms. The highest BCUT2D eigenvalue weighted by atomic mass is 16.5. The van der Waals surface area contributed by atoms with Gasteiger partial charge in [0.15, 0.2) is 0 Å². The van der Waals surface area contributed by atoms with Crippen LogP contribution in [0.2, 0.25) is 0 Å². The van der Waals surface area contributed by atoms with Gasteiger partial charge < -0.3 is 10.1 Å². The number of para-hydroxylation sites is 1. The van der Waals surface area contributed by atoms with Gasteiger partial charge in [-0.3, -0.25) is 4.98 Å². The first-order valence-electron chi connectivity index (χ1n) is 9.48. The number of aromatic nitrogens is 3. The van der Waals surface area contributed by atoms with E-state index in [2.05, 4.69) is 38.5 Å². The highest BCUT2D eigenvalue weighted by Crippen LogP contribution is 2.56. The third kappa shape index (κ3) is 3.03. The average molecular weight is 358 g/mol. The van der Waals surface area contributed by atoms with Crippen LogP contribution in [0, 0.1) is 6.92 Å². The normalized spacial score (nSPS) is 16.0. The number of hydrogen-bond donors (Lipinski definition) is 1. The molecule has 1 aromatic carbocycles. The third-order valence-electron chi connectivity index (χ3n) is 5.59. The summed E-state index contributed by atoms with van der Waals surface area (Å²) in [5.41, 5.74) is 5.89. The number of hydrogen-bond acceptors (Lipinski definition) is 5. The number of aryl methyl sites for hydroxylation is 1. The molecule has 5 rings (SSSR count). The number of ether oxygens (including phenoxy) is 1. The second-order valence-corrected chi connectivity index (χ2v) is 7.52. The SMILES string of the molecule is Cc1ccc(-c2cc(NCCc3cccc4c3OCC43CC3)ncn2)cn1. The van der Waals surface area contributed by atoms with Crippen molar-refractivity contribution < 1.29 is 4.74 Å². The molecular formula is C22H22N4O. The van der Waals surface area contributed by atoms with Gasteiger partial charge in [0.05, 0.1) is 12.3 Å². The Morgan fingerprint density at radius 1 is 1.11 bits per heavy atom. The number of nitrogens with zero attached hydrogens (tertiary/aromatic N) is 3. The van der Waals surface area contributed by atoms with E-state index in [9.17, 15) is 0 Å². The minimum Gasteiger partial charge on any atom is -0.492 e.